The highest BCUT2D eigenvalue weighted by molar-refractivity contribution is 8.00. The summed E-state index contributed by atoms with van der Waals surface area (Å²) in [5.41, 5.74) is 0.935. The van der Waals surface area contributed by atoms with Crippen LogP contribution in [0.4, 0.5) is 0 Å². The van der Waals surface area contributed by atoms with Crippen molar-refractivity contribution in [2.24, 2.45) is 0 Å². The summed E-state index contributed by atoms with van der Waals surface area (Å²) < 4.78 is 0. The van der Waals surface area contributed by atoms with Crippen molar-refractivity contribution >= 4 is 46.8 Å². The molecule has 1 N–H and O–H groups in total. The first kappa shape index (κ1) is 23.0. The van der Waals surface area contributed by atoms with Crippen LogP contribution in [0, 0.1) is 0 Å². The van der Waals surface area contributed by atoms with Gasteiger partial charge in [-0.2, -0.15) is 0 Å². The van der Waals surface area contributed by atoms with Gasteiger partial charge in [-0.1, -0.05) is 48.2 Å². The average Bonchev–Trinajstić information content (AvgIpc) is 3.25. The molecule has 7 heteroatoms. The Morgan fingerprint density at radius 1 is 1.03 bits per heavy atom. The van der Waals surface area contributed by atoms with Crippen LogP contribution in [0.2, 0.25) is 10.0 Å². The smallest absolute Gasteiger partial charge is 0.242 e. The van der Waals surface area contributed by atoms with Gasteiger partial charge in [-0.25, -0.2) is 0 Å². The molecule has 0 spiro atoms. The second-order valence-corrected chi connectivity index (χ2v) is 9.48. The second-order valence-electron chi connectivity index (χ2n) is 7.56. The number of benzene rings is 2. The van der Waals surface area contributed by atoms with Crippen molar-refractivity contribution in [3.05, 3.63) is 64.1 Å². The molecular formula is C23H26Cl2N2O2S. The van der Waals surface area contributed by atoms with E-state index in [0.717, 1.165) is 36.1 Å². The van der Waals surface area contributed by atoms with Crippen molar-refractivity contribution in [1.82, 2.24) is 10.2 Å². The SMILES string of the molecule is C[C@H](C(=O)NC1CCCC1)N(Cc1ccc(Cl)cc1)C(=O)CSc1ccc(Cl)cc1. The maximum atomic E-state index is 13.1. The summed E-state index contributed by atoms with van der Waals surface area (Å²) in [6, 6.07) is 14.4. The Labute approximate surface area is 192 Å². The van der Waals surface area contributed by atoms with E-state index < -0.39 is 6.04 Å². The van der Waals surface area contributed by atoms with Gasteiger partial charge < -0.3 is 10.2 Å². The molecule has 160 valence electrons. The Hall–Kier alpha value is -1.69. The van der Waals surface area contributed by atoms with Gasteiger partial charge in [0.2, 0.25) is 11.8 Å². The lowest BCUT2D eigenvalue weighted by Crippen LogP contribution is -2.50. The van der Waals surface area contributed by atoms with Gasteiger partial charge in [-0.15, -0.1) is 11.8 Å². The number of rotatable bonds is 8. The van der Waals surface area contributed by atoms with E-state index in [1.165, 1.54) is 11.8 Å². The summed E-state index contributed by atoms with van der Waals surface area (Å²) in [5.74, 6) is 0.0654. The largest absolute Gasteiger partial charge is 0.352 e. The van der Waals surface area contributed by atoms with Gasteiger partial charge in [-0.05, 0) is 61.7 Å². The van der Waals surface area contributed by atoms with Crippen LogP contribution in [0.3, 0.4) is 0 Å². The van der Waals surface area contributed by atoms with E-state index >= 15 is 0 Å². The van der Waals surface area contributed by atoms with Crippen molar-refractivity contribution in [3.8, 4) is 0 Å². The number of thioether (sulfide) groups is 1. The van der Waals surface area contributed by atoms with Crippen molar-refractivity contribution in [3.63, 3.8) is 0 Å². The molecule has 2 amide bonds. The van der Waals surface area contributed by atoms with Gasteiger partial charge >= 0.3 is 0 Å². The van der Waals surface area contributed by atoms with Crippen LogP contribution in [-0.4, -0.2) is 34.6 Å². The summed E-state index contributed by atoms with van der Waals surface area (Å²) in [6.45, 7) is 2.15. The second kappa shape index (κ2) is 11.1. The number of amides is 2. The van der Waals surface area contributed by atoms with Gasteiger partial charge in [0.15, 0.2) is 0 Å². The zero-order chi connectivity index (χ0) is 21.5. The number of carbonyl (C=O) groups is 2. The molecule has 0 saturated heterocycles. The number of halogens is 2. The molecule has 0 bridgehead atoms. The van der Waals surface area contributed by atoms with E-state index in [9.17, 15) is 9.59 Å². The van der Waals surface area contributed by atoms with Gasteiger partial charge in [0.05, 0.1) is 5.75 Å². The summed E-state index contributed by atoms with van der Waals surface area (Å²) in [6.07, 6.45) is 4.31. The zero-order valence-corrected chi connectivity index (χ0v) is 19.3. The molecule has 1 aliphatic rings. The van der Waals surface area contributed by atoms with Crippen LogP contribution in [0.25, 0.3) is 0 Å². The lowest BCUT2D eigenvalue weighted by molar-refractivity contribution is -0.138. The quantitative estimate of drug-likeness (QED) is 0.520. The van der Waals surface area contributed by atoms with Crippen LogP contribution in [0.1, 0.15) is 38.2 Å². The zero-order valence-electron chi connectivity index (χ0n) is 16.9. The summed E-state index contributed by atoms with van der Waals surface area (Å²) in [7, 11) is 0. The van der Waals surface area contributed by atoms with E-state index in [1.54, 1.807) is 36.1 Å². The van der Waals surface area contributed by atoms with Crippen molar-refractivity contribution < 1.29 is 9.59 Å². The lowest BCUT2D eigenvalue weighted by Gasteiger charge is -2.29. The van der Waals surface area contributed by atoms with Crippen LogP contribution in [-0.2, 0) is 16.1 Å². The molecule has 30 heavy (non-hydrogen) atoms. The van der Waals surface area contributed by atoms with Gasteiger partial charge in [0, 0.05) is 27.5 Å². The minimum atomic E-state index is -0.556. The molecular weight excluding hydrogens is 439 g/mol. The van der Waals surface area contributed by atoms with Crippen molar-refractivity contribution in [1.29, 1.82) is 0 Å². The number of nitrogens with zero attached hydrogens (tertiary/aromatic N) is 1. The third kappa shape index (κ3) is 6.66. The lowest BCUT2D eigenvalue weighted by atomic mass is 10.1. The predicted octanol–water partition coefficient (Wildman–Crippen LogP) is 5.56. The maximum Gasteiger partial charge on any atom is 0.242 e. The first-order chi connectivity index (χ1) is 14.4. The van der Waals surface area contributed by atoms with Crippen LogP contribution >= 0.6 is 35.0 Å². The molecule has 0 aliphatic heterocycles. The number of hydrogen-bond donors (Lipinski definition) is 1. The Kier molecular flexibility index (Phi) is 8.49. The predicted molar refractivity (Wildman–Crippen MR) is 124 cm³/mol. The average molecular weight is 465 g/mol. The Morgan fingerprint density at radius 2 is 1.60 bits per heavy atom. The summed E-state index contributed by atoms with van der Waals surface area (Å²) in [5, 5.41) is 4.41. The van der Waals surface area contributed by atoms with Crippen LogP contribution in [0.5, 0.6) is 0 Å². The molecule has 1 aliphatic carbocycles. The maximum absolute atomic E-state index is 13.1. The topological polar surface area (TPSA) is 49.4 Å². The van der Waals surface area contributed by atoms with Crippen molar-refractivity contribution in [2.75, 3.05) is 5.75 Å². The fourth-order valence-corrected chi connectivity index (χ4v) is 4.56. The first-order valence-corrected chi connectivity index (χ1v) is 11.9. The van der Waals surface area contributed by atoms with Crippen molar-refractivity contribution in [2.45, 2.75) is 56.1 Å². The standard InChI is InChI=1S/C23H26Cl2N2O2S/c1-16(23(29)26-20-4-2-3-5-20)27(14-17-6-8-18(24)9-7-17)22(28)15-30-21-12-10-19(25)11-13-21/h6-13,16,20H,2-5,14-15H2,1H3,(H,26,29)/t16-/m1/s1. The fourth-order valence-electron chi connectivity index (χ4n) is 3.52. The Morgan fingerprint density at radius 3 is 2.20 bits per heavy atom. The van der Waals surface area contributed by atoms with Gasteiger partial charge in [0.25, 0.3) is 0 Å². The molecule has 2 aromatic rings. The number of carbonyl (C=O) groups excluding carboxylic acids is 2. The minimum Gasteiger partial charge on any atom is -0.352 e. The van der Waals surface area contributed by atoms with Crippen LogP contribution < -0.4 is 5.32 Å². The highest BCUT2D eigenvalue weighted by Crippen LogP contribution is 2.23. The molecule has 1 fully saturated rings. The molecule has 3 rings (SSSR count). The van der Waals surface area contributed by atoms with E-state index in [-0.39, 0.29) is 23.6 Å². The Bertz CT molecular complexity index is 853. The highest BCUT2D eigenvalue weighted by atomic mass is 35.5. The molecule has 1 atom stereocenters. The first-order valence-electron chi connectivity index (χ1n) is 10.1. The monoisotopic (exact) mass is 464 g/mol. The molecule has 4 nitrogen and oxygen atoms in total. The third-order valence-electron chi connectivity index (χ3n) is 5.31. The molecule has 0 aromatic heterocycles. The third-order valence-corrected chi connectivity index (χ3v) is 6.81. The fraction of sp³-hybridized carbons (Fsp3) is 0.391. The molecule has 0 heterocycles. The Balaban J connectivity index is 1.69. The molecule has 1 saturated carbocycles. The normalized spacial score (nSPS) is 15.0. The summed E-state index contributed by atoms with van der Waals surface area (Å²) in [4.78, 5) is 28.6. The minimum absolute atomic E-state index is 0.0843. The highest BCUT2D eigenvalue weighted by Gasteiger charge is 2.28. The summed E-state index contributed by atoms with van der Waals surface area (Å²) >= 11 is 13.4. The van der Waals surface area contributed by atoms with Crippen LogP contribution in [0.15, 0.2) is 53.4 Å². The van der Waals surface area contributed by atoms with E-state index in [4.69, 9.17) is 23.2 Å². The van der Waals surface area contributed by atoms with E-state index in [0.29, 0.717) is 16.6 Å². The number of nitrogens with one attached hydrogen (secondary N) is 1. The van der Waals surface area contributed by atoms with E-state index in [1.807, 2.05) is 24.3 Å². The van der Waals surface area contributed by atoms with Gasteiger partial charge in [-0.3, -0.25) is 9.59 Å². The molecule has 0 radical (unpaired) electrons. The van der Waals surface area contributed by atoms with Gasteiger partial charge in [0.1, 0.15) is 6.04 Å². The molecule has 2 aromatic carbocycles. The van der Waals surface area contributed by atoms with E-state index in [2.05, 4.69) is 5.32 Å². The number of hydrogen-bond acceptors (Lipinski definition) is 3. The molecule has 0 unspecified atom stereocenters.